The van der Waals surface area contributed by atoms with Gasteiger partial charge < -0.3 is 9.88 Å². The Labute approximate surface area is 128 Å². The first-order valence-electron chi connectivity index (χ1n) is 6.72. The van der Waals surface area contributed by atoms with E-state index >= 15 is 0 Å². The third-order valence-electron chi connectivity index (χ3n) is 3.18. The normalized spacial score (nSPS) is 10.7. The molecule has 0 saturated carbocycles. The number of hydrogen-bond donors (Lipinski definition) is 1. The number of nitrogens with one attached hydrogen (secondary N) is 1. The molecule has 0 fully saturated rings. The fourth-order valence-corrected chi connectivity index (χ4v) is 2.19. The van der Waals surface area contributed by atoms with Crippen molar-refractivity contribution >= 4 is 17.5 Å². The van der Waals surface area contributed by atoms with E-state index in [-0.39, 0.29) is 17.0 Å². The lowest BCUT2D eigenvalue weighted by atomic mass is 10.1. The number of pyridine rings is 1. The number of carbonyl (C=O) groups is 1. The zero-order valence-electron chi connectivity index (χ0n) is 12.0. The second-order valence-corrected chi connectivity index (χ2v) is 5.49. The van der Waals surface area contributed by atoms with Gasteiger partial charge in [0.1, 0.15) is 5.02 Å². The number of hydrogen-bond acceptors (Lipinski definition) is 2. The van der Waals surface area contributed by atoms with Gasteiger partial charge in [0.25, 0.3) is 11.5 Å². The van der Waals surface area contributed by atoms with Crippen LogP contribution < -0.4 is 5.56 Å². The van der Waals surface area contributed by atoms with Crippen LogP contribution in [0.4, 0.5) is 0 Å². The zero-order chi connectivity index (χ0) is 15.4. The summed E-state index contributed by atoms with van der Waals surface area (Å²) in [5.41, 5.74) is 1.03. The van der Waals surface area contributed by atoms with Gasteiger partial charge in [0, 0.05) is 18.8 Å². The Morgan fingerprint density at radius 1 is 1.29 bits per heavy atom. The number of rotatable bonds is 4. The molecule has 4 nitrogen and oxygen atoms in total. The predicted molar refractivity (Wildman–Crippen MR) is 83.5 cm³/mol. The third kappa shape index (κ3) is 3.73. The molecule has 0 spiro atoms. The van der Waals surface area contributed by atoms with Gasteiger partial charge in [-0.3, -0.25) is 9.59 Å². The molecule has 21 heavy (non-hydrogen) atoms. The van der Waals surface area contributed by atoms with Crippen molar-refractivity contribution in [1.82, 2.24) is 9.88 Å². The average Bonchev–Trinajstić information content (AvgIpc) is 2.47. The summed E-state index contributed by atoms with van der Waals surface area (Å²) in [7, 11) is 0. The zero-order valence-corrected chi connectivity index (χ0v) is 12.7. The molecule has 0 saturated heterocycles. The van der Waals surface area contributed by atoms with E-state index in [1.807, 2.05) is 44.2 Å². The van der Waals surface area contributed by atoms with Crippen molar-refractivity contribution in [2.45, 2.75) is 26.4 Å². The van der Waals surface area contributed by atoms with E-state index in [0.29, 0.717) is 12.1 Å². The van der Waals surface area contributed by atoms with Crippen LogP contribution in [0.1, 0.15) is 29.8 Å². The number of benzene rings is 1. The van der Waals surface area contributed by atoms with Crippen molar-refractivity contribution in [3.8, 4) is 0 Å². The predicted octanol–water partition coefficient (Wildman–Crippen LogP) is 3.08. The second kappa shape index (κ2) is 6.59. The first-order valence-corrected chi connectivity index (χ1v) is 7.10. The van der Waals surface area contributed by atoms with Gasteiger partial charge in [0.15, 0.2) is 0 Å². The fourth-order valence-electron chi connectivity index (χ4n) is 2.01. The molecule has 0 radical (unpaired) electrons. The van der Waals surface area contributed by atoms with E-state index < -0.39 is 5.56 Å². The molecule has 0 aliphatic carbocycles. The van der Waals surface area contributed by atoms with Gasteiger partial charge in [-0.15, -0.1) is 0 Å². The number of amides is 1. The highest BCUT2D eigenvalue weighted by atomic mass is 35.5. The summed E-state index contributed by atoms with van der Waals surface area (Å²) in [5.74, 6) is -0.160. The molecule has 1 aromatic carbocycles. The van der Waals surface area contributed by atoms with E-state index in [1.54, 1.807) is 4.90 Å². The molecule has 0 atom stereocenters. The SMILES string of the molecule is CC(C)N(Cc1ccccc1)C(=O)c1c[nH]c(=O)c(Cl)c1. The van der Waals surface area contributed by atoms with Gasteiger partial charge in [-0.1, -0.05) is 41.9 Å². The quantitative estimate of drug-likeness (QED) is 0.943. The van der Waals surface area contributed by atoms with Gasteiger partial charge in [-0.25, -0.2) is 0 Å². The van der Waals surface area contributed by atoms with E-state index in [4.69, 9.17) is 11.6 Å². The summed E-state index contributed by atoms with van der Waals surface area (Å²) in [6.45, 7) is 4.41. The summed E-state index contributed by atoms with van der Waals surface area (Å²) in [6.07, 6.45) is 1.40. The smallest absolute Gasteiger partial charge is 0.266 e. The molecule has 0 aliphatic rings. The van der Waals surface area contributed by atoms with E-state index in [0.717, 1.165) is 5.56 Å². The fraction of sp³-hybridized carbons (Fsp3) is 0.250. The molecule has 1 heterocycles. The van der Waals surface area contributed by atoms with Crippen LogP contribution in [0.25, 0.3) is 0 Å². The van der Waals surface area contributed by atoms with Crippen LogP contribution >= 0.6 is 11.6 Å². The molecule has 1 aromatic heterocycles. The van der Waals surface area contributed by atoms with Crippen molar-refractivity contribution in [3.63, 3.8) is 0 Å². The number of nitrogens with zero attached hydrogens (tertiary/aromatic N) is 1. The Morgan fingerprint density at radius 3 is 2.52 bits per heavy atom. The van der Waals surface area contributed by atoms with Crippen LogP contribution in [0, 0.1) is 0 Å². The summed E-state index contributed by atoms with van der Waals surface area (Å²) in [4.78, 5) is 28.1. The number of aromatic amines is 1. The topological polar surface area (TPSA) is 53.2 Å². The molecule has 1 N–H and O–H groups in total. The molecule has 2 aromatic rings. The Balaban J connectivity index is 2.27. The summed E-state index contributed by atoms with van der Waals surface area (Å²) in [6, 6.07) is 11.2. The van der Waals surface area contributed by atoms with Crippen LogP contribution in [0.5, 0.6) is 0 Å². The standard InChI is InChI=1S/C16H17ClN2O2/c1-11(2)19(10-12-6-4-3-5-7-12)16(21)13-8-14(17)15(20)18-9-13/h3-9,11H,10H2,1-2H3,(H,18,20). The lowest BCUT2D eigenvalue weighted by Gasteiger charge is -2.27. The molecule has 110 valence electrons. The maximum absolute atomic E-state index is 12.6. The summed E-state index contributed by atoms with van der Waals surface area (Å²) < 4.78 is 0. The van der Waals surface area contributed by atoms with Gasteiger partial charge in [0.2, 0.25) is 0 Å². The number of carbonyl (C=O) groups excluding carboxylic acids is 1. The Morgan fingerprint density at radius 2 is 1.95 bits per heavy atom. The van der Waals surface area contributed by atoms with Crippen LogP contribution in [0.2, 0.25) is 5.02 Å². The highest BCUT2D eigenvalue weighted by Crippen LogP contribution is 2.14. The molecule has 0 aliphatic heterocycles. The summed E-state index contributed by atoms with van der Waals surface area (Å²) in [5, 5.41) is 0.0178. The molecular formula is C16H17ClN2O2. The van der Waals surface area contributed by atoms with Crippen LogP contribution in [-0.4, -0.2) is 21.8 Å². The van der Waals surface area contributed by atoms with Crippen molar-refractivity contribution in [3.05, 3.63) is 69.1 Å². The van der Waals surface area contributed by atoms with Crippen LogP contribution in [0.15, 0.2) is 47.4 Å². The number of aromatic nitrogens is 1. The van der Waals surface area contributed by atoms with Gasteiger partial charge >= 0.3 is 0 Å². The minimum atomic E-state index is -0.396. The minimum absolute atomic E-state index is 0.0178. The monoisotopic (exact) mass is 304 g/mol. The Kier molecular flexibility index (Phi) is 4.81. The maximum atomic E-state index is 12.6. The second-order valence-electron chi connectivity index (χ2n) is 5.08. The molecule has 1 amide bonds. The Hall–Kier alpha value is -2.07. The first-order chi connectivity index (χ1) is 9.99. The maximum Gasteiger partial charge on any atom is 0.266 e. The minimum Gasteiger partial charge on any atom is -0.332 e. The largest absolute Gasteiger partial charge is 0.332 e. The Bertz CT molecular complexity index is 680. The average molecular weight is 305 g/mol. The first kappa shape index (κ1) is 15.3. The van der Waals surface area contributed by atoms with Gasteiger partial charge in [-0.05, 0) is 25.5 Å². The van der Waals surface area contributed by atoms with E-state index in [1.165, 1.54) is 12.3 Å². The van der Waals surface area contributed by atoms with Crippen LogP contribution in [-0.2, 0) is 6.54 Å². The van der Waals surface area contributed by atoms with Crippen molar-refractivity contribution < 1.29 is 4.79 Å². The lowest BCUT2D eigenvalue weighted by Crippen LogP contribution is -2.36. The number of H-pyrrole nitrogens is 1. The molecule has 5 heteroatoms. The van der Waals surface area contributed by atoms with Gasteiger partial charge in [-0.2, -0.15) is 0 Å². The number of halogens is 1. The van der Waals surface area contributed by atoms with E-state index in [9.17, 15) is 9.59 Å². The highest BCUT2D eigenvalue weighted by molar-refractivity contribution is 6.30. The van der Waals surface area contributed by atoms with E-state index in [2.05, 4.69) is 4.98 Å². The van der Waals surface area contributed by atoms with Crippen molar-refractivity contribution in [1.29, 1.82) is 0 Å². The molecule has 0 unspecified atom stereocenters. The third-order valence-corrected chi connectivity index (χ3v) is 3.47. The van der Waals surface area contributed by atoms with Crippen molar-refractivity contribution in [2.75, 3.05) is 0 Å². The van der Waals surface area contributed by atoms with Gasteiger partial charge in [0.05, 0.1) is 5.56 Å². The lowest BCUT2D eigenvalue weighted by molar-refractivity contribution is 0.0690. The van der Waals surface area contributed by atoms with Crippen molar-refractivity contribution in [2.24, 2.45) is 0 Å². The summed E-state index contributed by atoms with van der Waals surface area (Å²) >= 11 is 5.79. The molecule has 0 bridgehead atoms. The molecule has 2 rings (SSSR count). The molecular weight excluding hydrogens is 288 g/mol. The highest BCUT2D eigenvalue weighted by Gasteiger charge is 2.19. The van der Waals surface area contributed by atoms with Crippen LogP contribution in [0.3, 0.4) is 0 Å².